The number of hydrogen-bond acceptors (Lipinski definition) is 6. The Morgan fingerprint density at radius 2 is 1.28 bits per heavy atom. The molecule has 7 nitrogen and oxygen atoms in total. The topological polar surface area (TPSA) is 121 Å². The van der Waals surface area contributed by atoms with Crippen LogP contribution in [0.3, 0.4) is 0 Å². The van der Waals surface area contributed by atoms with Crippen LogP contribution in [0, 0.1) is 11.8 Å². The van der Waals surface area contributed by atoms with E-state index in [1.54, 1.807) is 25.7 Å². The Bertz CT molecular complexity index is 479. The van der Waals surface area contributed by atoms with Gasteiger partial charge in [0.1, 0.15) is 0 Å². The summed E-state index contributed by atoms with van der Waals surface area (Å²) in [5.74, 6) is -0.581. The molecular weight excluding hydrogens is 359 g/mol. The van der Waals surface area contributed by atoms with Crippen molar-refractivity contribution in [1.29, 1.82) is 0 Å². The minimum Gasteiger partial charge on any atom is -0.550 e. The van der Waals surface area contributed by atoms with Crippen molar-refractivity contribution in [1.82, 2.24) is 0 Å². The smallest absolute Gasteiger partial charge is 0.550 e. The molecule has 0 aliphatic heterocycles. The van der Waals surface area contributed by atoms with E-state index in [-0.39, 0.29) is 29.6 Å². The number of aliphatic carboxylic acids is 1. The van der Waals surface area contributed by atoms with Crippen LogP contribution in [0.15, 0.2) is 0 Å². The van der Waals surface area contributed by atoms with Crippen LogP contribution in [-0.2, 0) is 24.2 Å². The van der Waals surface area contributed by atoms with Crippen LogP contribution in [0.2, 0.25) is 0 Å². The van der Waals surface area contributed by atoms with E-state index < -0.39 is 35.2 Å². The molecule has 0 bridgehead atoms. The maximum Gasteiger partial charge on any atom is 1.00 e. The third-order valence-corrected chi connectivity index (χ3v) is 5.09. The molecule has 2 aliphatic carbocycles. The van der Waals surface area contributed by atoms with E-state index in [0.29, 0.717) is 0 Å². The third kappa shape index (κ3) is 12.8. The second kappa shape index (κ2) is 13.1. The van der Waals surface area contributed by atoms with Crippen molar-refractivity contribution < 1.29 is 61.4 Å². The average Bonchev–Trinajstić information content (AvgIpc) is 2.54. The van der Waals surface area contributed by atoms with Gasteiger partial charge in [-0.25, -0.2) is 0 Å². The Balaban J connectivity index is 0.000000443. The fourth-order valence-corrected chi connectivity index (χ4v) is 3.89. The van der Waals surface area contributed by atoms with Crippen LogP contribution in [0.1, 0.15) is 77.0 Å². The molecule has 140 valence electrons. The predicted octanol–water partition coefficient (Wildman–Crippen LogP) is -0.986. The summed E-state index contributed by atoms with van der Waals surface area (Å²) in [5, 5.41) is 9.74. The summed E-state index contributed by atoms with van der Waals surface area (Å²) in [6.45, 7) is 0. The summed E-state index contributed by atoms with van der Waals surface area (Å²) in [6.07, 6.45) is 14.1. The number of rotatable bonds is 5. The molecule has 1 N–H and O–H groups in total. The number of carbonyl (C=O) groups is 2. The van der Waals surface area contributed by atoms with Crippen molar-refractivity contribution in [3.05, 3.63) is 0 Å². The van der Waals surface area contributed by atoms with Gasteiger partial charge in [-0.1, -0.05) is 64.2 Å². The van der Waals surface area contributed by atoms with E-state index in [0.717, 1.165) is 11.8 Å². The van der Waals surface area contributed by atoms with E-state index in [2.05, 4.69) is 4.18 Å². The fraction of sp³-hybridized carbons (Fsp3) is 0.875. The molecule has 0 radical (unpaired) electrons. The number of carbonyl (C=O) groups excluding carboxylic acids is 2. The van der Waals surface area contributed by atoms with Gasteiger partial charge in [0.2, 0.25) is 0 Å². The largest absolute Gasteiger partial charge is 1.00 e. The zero-order valence-corrected chi connectivity index (χ0v) is 17.8. The normalized spacial score (nSPS) is 19.1. The van der Waals surface area contributed by atoms with Gasteiger partial charge in [0.25, 0.3) is 0 Å². The van der Waals surface area contributed by atoms with Crippen LogP contribution in [0.25, 0.3) is 0 Å². The first-order valence-corrected chi connectivity index (χ1v) is 10.0. The monoisotopic (exact) mass is 386 g/mol. The van der Waals surface area contributed by atoms with Gasteiger partial charge in [-0.15, -0.1) is 0 Å². The second-order valence-electron chi connectivity index (χ2n) is 6.55. The van der Waals surface area contributed by atoms with E-state index in [9.17, 15) is 23.1 Å². The molecule has 0 aromatic heterocycles. The van der Waals surface area contributed by atoms with Crippen molar-refractivity contribution in [2.45, 2.75) is 77.0 Å². The van der Waals surface area contributed by atoms with Gasteiger partial charge in [-0.05, 0) is 18.3 Å². The summed E-state index contributed by atoms with van der Waals surface area (Å²) < 4.78 is 31.0. The van der Waals surface area contributed by atoms with Gasteiger partial charge in [-0.2, -0.15) is 8.42 Å². The van der Waals surface area contributed by atoms with E-state index in [4.69, 9.17) is 4.55 Å². The van der Waals surface area contributed by atoms with Crippen molar-refractivity contribution in [3.63, 3.8) is 0 Å². The Kier molecular flexibility index (Phi) is 13.0. The van der Waals surface area contributed by atoms with Crippen LogP contribution in [0.5, 0.6) is 0 Å². The molecule has 2 aliphatic rings. The zero-order chi connectivity index (χ0) is 18.0. The van der Waals surface area contributed by atoms with Gasteiger partial charge < -0.3 is 14.1 Å². The minimum absolute atomic E-state index is 0. The van der Waals surface area contributed by atoms with Gasteiger partial charge in [-0.3, -0.25) is 9.35 Å². The number of hydrogen-bond donors (Lipinski definition) is 1. The molecule has 0 heterocycles. The Labute approximate surface area is 172 Å². The summed E-state index contributed by atoms with van der Waals surface area (Å²) >= 11 is 0. The molecule has 0 unspecified atom stereocenters. The molecular formula is C16H27NaO7S. The molecule has 0 saturated heterocycles. The Morgan fingerprint density at radius 3 is 1.60 bits per heavy atom. The molecule has 0 aromatic rings. The molecule has 25 heavy (non-hydrogen) atoms. The van der Waals surface area contributed by atoms with Crippen LogP contribution < -0.4 is 34.7 Å². The maximum absolute atomic E-state index is 10.3. The quantitative estimate of drug-likeness (QED) is 0.476. The third-order valence-electron chi connectivity index (χ3n) is 4.70. The molecule has 9 heteroatoms. The number of carboxylic acids is 1. The van der Waals surface area contributed by atoms with Crippen LogP contribution in [-0.4, -0.2) is 24.9 Å². The standard InChI is InChI=1S/C12H22.C4H6O7S.Na/c1-3-7-11(8-4-1)12-9-5-2-6-10-12;5-3(6)1-2-4(7)11-12(8,9)10;/h11-12H,1-10H2;1-2H2,(H,5,6)(H,8,9,10);/q;;+1/p-1. The van der Waals surface area contributed by atoms with E-state index in [1.165, 1.54) is 38.5 Å². The van der Waals surface area contributed by atoms with Crippen LogP contribution >= 0.6 is 0 Å². The fourth-order valence-electron chi connectivity index (χ4n) is 3.57. The maximum atomic E-state index is 10.3. The summed E-state index contributed by atoms with van der Waals surface area (Å²) in [7, 11) is -4.83. The molecule has 0 spiro atoms. The first-order chi connectivity index (χ1) is 11.3. The molecule has 2 saturated carbocycles. The van der Waals surface area contributed by atoms with Crippen molar-refractivity contribution >= 4 is 22.3 Å². The Morgan fingerprint density at radius 1 is 0.880 bits per heavy atom. The van der Waals surface area contributed by atoms with Gasteiger partial charge in [0.15, 0.2) is 0 Å². The first kappa shape index (κ1) is 24.8. The summed E-state index contributed by atoms with van der Waals surface area (Å²) in [6, 6.07) is 0. The predicted molar refractivity (Wildman–Crippen MR) is 85.0 cm³/mol. The summed E-state index contributed by atoms with van der Waals surface area (Å²) in [4.78, 5) is 20.0. The first-order valence-electron chi connectivity index (χ1n) is 8.67. The second-order valence-corrected chi connectivity index (χ2v) is 7.57. The van der Waals surface area contributed by atoms with E-state index >= 15 is 0 Å². The van der Waals surface area contributed by atoms with Gasteiger partial charge in [0.05, 0.1) is 6.42 Å². The Hall–Kier alpha value is -0.150. The minimum atomic E-state index is -4.83. The number of carboxylic acid groups (broad SMARTS) is 1. The molecule has 0 amide bonds. The molecule has 0 atom stereocenters. The molecule has 0 aromatic carbocycles. The van der Waals surface area contributed by atoms with Crippen molar-refractivity contribution in [3.8, 4) is 0 Å². The zero-order valence-electron chi connectivity index (χ0n) is 14.9. The van der Waals surface area contributed by atoms with Crippen molar-refractivity contribution in [2.75, 3.05) is 0 Å². The van der Waals surface area contributed by atoms with Crippen molar-refractivity contribution in [2.24, 2.45) is 11.8 Å². The SMILES string of the molecule is C1CCC(C2CCCCC2)CC1.O=C([O-])CCC(=O)OS(=O)(=O)O.[Na+]. The molecule has 2 rings (SSSR count). The summed E-state index contributed by atoms with van der Waals surface area (Å²) in [5.41, 5.74) is 0. The van der Waals surface area contributed by atoms with E-state index in [1.807, 2.05) is 0 Å². The average molecular weight is 386 g/mol. The van der Waals surface area contributed by atoms with Crippen LogP contribution in [0.4, 0.5) is 0 Å². The van der Waals surface area contributed by atoms with Gasteiger partial charge in [0, 0.05) is 5.97 Å². The van der Waals surface area contributed by atoms with Gasteiger partial charge >= 0.3 is 45.9 Å². The molecule has 2 fully saturated rings.